The Labute approximate surface area is 145 Å². The van der Waals surface area contributed by atoms with Gasteiger partial charge in [-0.1, -0.05) is 31.9 Å². The van der Waals surface area contributed by atoms with E-state index in [-0.39, 0.29) is 24.8 Å². The Morgan fingerprint density at radius 2 is 1.95 bits per heavy atom. The molecule has 0 amide bonds. The van der Waals surface area contributed by atoms with Crippen molar-refractivity contribution in [1.29, 1.82) is 0 Å². The lowest BCUT2D eigenvalue weighted by Gasteiger charge is -2.35. The summed E-state index contributed by atoms with van der Waals surface area (Å²) in [7, 11) is 0. The van der Waals surface area contributed by atoms with Gasteiger partial charge in [-0.15, -0.1) is 24.8 Å². The Bertz CT molecular complexity index is 454. The van der Waals surface area contributed by atoms with Gasteiger partial charge in [-0.3, -0.25) is 4.90 Å². The number of rotatable bonds is 5. The van der Waals surface area contributed by atoms with Crippen LogP contribution in [0.1, 0.15) is 37.8 Å². The Balaban J connectivity index is 0.00000121. The lowest BCUT2D eigenvalue weighted by Crippen LogP contribution is -2.45. The number of para-hydroxylation sites is 1. The molecule has 6 heteroatoms. The fourth-order valence-electron chi connectivity index (χ4n) is 3.14. The van der Waals surface area contributed by atoms with E-state index in [4.69, 9.17) is 9.47 Å². The second-order valence-corrected chi connectivity index (χ2v) is 5.53. The molecule has 0 radical (unpaired) electrons. The quantitative estimate of drug-likeness (QED) is 0.884. The largest absolute Gasteiger partial charge is 0.454 e. The van der Waals surface area contributed by atoms with E-state index in [1.54, 1.807) is 0 Å². The van der Waals surface area contributed by atoms with Gasteiger partial charge in [0.2, 0.25) is 6.79 Å². The molecule has 3 rings (SSSR count). The van der Waals surface area contributed by atoms with Crippen molar-refractivity contribution in [3.05, 3.63) is 23.8 Å². The van der Waals surface area contributed by atoms with Crippen molar-refractivity contribution in [2.75, 3.05) is 33.0 Å². The topological polar surface area (TPSA) is 33.7 Å². The molecule has 0 saturated carbocycles. The predicted octanol–water partition coefficient (Wildman–Crippen LogP) is 3.40. The van der Waals surface area contributed by atoms with E-state index in [0.717, 1.165) is 37.7 Å². The zero-order valence-corrected chi connectivity index (χ0v) is 14.7. The lowest BCUT2D eigenvalue weighted by molar-refractivity contribution is 0.152. The van der Waals surface area contributed by atoms with Gasteiger partial charge in [-0.2, -0.15) is 0 Å². The van der Waals surface area contributed by atoms with Crippen LogP contribution in [0.15, 0.2) is 18.2 Å². The molecule has 4 nitrogen and oxygen atoms in total. The van der Waals surface area contributed by atoms with Gasteiger partial charge in [-0.05, 0) is 12.5 Å². The Morgan fingerprint density at radius 1 is 1.18 bits per heavy atom. The standard InChI is InChI=1S/C16H24N2O2.2ClH/c1-2-3-6-14(18-10-8-17-9-11-18)13-5-4-7-15-16(13)20-12-19-15;;/h4-5,7,14,17H,2-3,6,8-12H2,1H3;2*1H/t14-;;/m1../s1. The average Bonchev–Trinajstić information content (AvgIpc) is 2.98. The molecule has 1 N–H and O–H groups in total. The first-order valence-corrected chi connectivity index (χ1v) is 7.73. The fraction of sp³-hybridized carbons (Fsp3) is 0.625. The van der Waals surface area contributed by atoms with Gasteiger partial charge < -0.3 is 14.8 Å². The summed E-state index contributed by atoms with van der Waals surface area (Å²) >= 11 is 0. The van der Waals surface area contributed by atoms with Gasteiger partial charge >= 0.3 is 0 Å². The van der Waals surface area contributed by atoms with E-state index in [1.165, 1.54) is 24.8 Å². The summed E-state index contributed by atoms with van der Waals surface area (Å²) in [6.07, 6.45) is 3.67. The number of benzene rings is 1. The van der Waals surface area contributed by atoms with Crippen molar-refractivity contribution in [1.82, 2.24) is 10.2 Å². The first kappa shape index (κ1) is 19.4. The molecule has 22 heavy (non-hydrogen) atoms. The van der Waals surface area contributed by atoms with E-state index >= 15 is 0 Å². The molecular formula is C16H26Cl2N2O2. The predicted molar refractivity (Wildman–Crippen MR) is 93.8 cm³/mol. The third kappa shape index (κ3) is 4.19. The number of fused-ring (bicyclic) bond motifs is 1. The van der Waals surface area contributed by atoms with Gasteiger partial charge in [-0.25, -0.2) is 0 Å². The number of nitrogens with one attached hydrogen (secondary N) is 1. The molecule has 1 saturated heterocycles. The van der Waals surface area contributed by atoms with Crippen LogP contribution in [0.3, 0.4) is 0 Å². The van der Waals surface area contributed by atoms with E-state index in [2.05, 4.69) is 29.3 Å². The molecule has 2 heterocycles. The molecular weight excluding hydrogens is 323 g/mol. The Hall–Kier alpha value is -0.680. The molecule has 0 unspecified atom stereocenters. The summed E-state index contributed by atoms with van der Waals surface area (Å²) in [6.45, 7) is 6.99. The summed E-state index contributed by atoms with van der Waals surface area (Å²) in [4.78, 5) is 2.59. The second-order valence-electron chi connectivity index (χ2n) is 5.53. The van der Waals surface area contributed by atoms with Crippen LogP contribution in [-0.4, -0.2) is 37.9 Å². The van der Waals surface area contributed by atoms with Gasteiger partial charge in [0, 0.05) is 37.8 Å². The number of ether oxygens (including phenoxy) is 2. The van der Waals surface area contributed by atoms with Crippen molar-refractivity contribution in [3.63, 3.8) is 0 Å². The molecule has 0 spiro atoms. The highest BCUT2D eigenvalue weighted by molar-refractivity contribution is 5.85. The number of nitrogens with zero attached hydrogens (tertiary/aromatic N) is 1. The van der Waals surface area contributed by atoms with Crippen molar-refractivity contribution >= 4 is 24.8 Å². The maximum atomic E-state index is 5.72. The SMILES string of the molecule is CCCC[C@H](c1cccc2c1OCO2)N1CCNCC1.Cl.Cl. The van der Waals surface area contributed by atoms with Crippen molar-refractivity contribution in [2.24, 2.45) is 0 Å². The van der Waals surface area contributed by atoms with Crippen LogP contribution in [0.2, 0.25) is 0 Å². The fourth-order valence-corrected chi connectivity index (χ4v) is 3.14. The summed E-state index contributed by atoms with van der Waals surface area (Å²) in [6, 6.07) is 6.74. The third-order valence-electron chi connectivity index (χ3n) is 4.21. The van der Waals surface area contributed by atoms with Gasteiger partial charge in [0.1, 0.15) is 0 Å². The highest BCUT2D eigenvalue weighted by Gasteiger charge is 2.27. The van der Waals surface area contributed by atoms with Crippen molar-refractivity contribution < 1.29 is 9.47 Å². The Kier molecular flexibility index (Phi) is 8.33. The first-order chi connectivity index (χ1) is 9.90. The molecule has 0 aromatic heterocycles. The van der Waals surface area contributed by atoms with Crippen LogP contribution in [0, 0.1) is 0 Å². The molecule has 0 bridgehead atoms. The second kappa shape index (κ2) is 9.46. The minimum absolute atomic E-state index is 0. The molecule has 1 atom stereocenters. The molecule has 1 fully saturated rings. The Morgan fingerprint density at radius 3 is 2.68 bits per heavy atom. The van der Waals surface area contributed by atoms with Gasteiger partial charge in [0.05, 0.1) is 0 Å². The van der Waals surface area contributed by atoms with Crippen LogP contribution in [0.5, 0.6) is 11.5 Å². The van der Waals surface area contributed by atoms with Crippen molar-refractivity contribution in [3.8, 4) is 11.5 Å². The molecule has 126 valence electrons. The number of unbranched alkanes of at least 4 members (excludes halogenated alkanes) is 1. The molecule has 1 aromatic rings. The lowest BCUT2D eigenvalue weighted by atomic mass is 9.97. The molecule has 1 aromatic carbocycles. The third-order valence-corrected chi connectivity index (χ3v) is 4.21. The van der Waals surface area contributed by atoms with Gasteiger partial charge in [0.25, 0.3) is 0 Å². The van der Waals surface area contributed by atoms with E-state index in [0.29, 0.717) is 12.8 Å². The molecule has 0 aliphatic carbocycles. The van der Waals surface area contributed by atoms with E-state index in [1.807, 2.05) is 6.07 Å². The number of hydrogen-bond donors (Lipinski definition) is 1. The summed E-state index contributed by atoms with van der Waals surface area (Å²) in [5.74, 6) is 1.87. The van der Waals surface area contributed by atoms with Crippen LogP contribution in [-0.2, 0) is 0 Å². The highest BCUT2D eigenvalue weighted by atomic mass is 35.5. The van der Waals surface area contributed by atoms with Crippen LogP contribution < -0.4 is 14.8 Å². The van der Waals surface area contributed by atoms with Gasteiger partial charge in [0.15, 0.2) is 11.5 Å². The van der Waals surface area contributed by atoms with Crippen LogP contribution in [0.25, 0.3) is 0 Å². The minimum atomic E-state index is 0. The monoisotopic (exact) mass is 348 g/mol. The van der Waals surface area contributed by atoms with Crippen LogP contribution in [0.4, 0.5) is 0 Å². The normalized spacial score (nSPS) is 18.2. The number of piperazine rings is 1. The zero-order chi connectivity index (χ0) is 13.8. The maximum Gasteiger partial charge on any atom is 0.231 e. The van der Waals surface area contributed by atoms with Crippen LogP contribution >= 0.6 is 24.8 Å². The first-order valence-electron chi connectivity index (χ1n) is 7.73. The maximum absolute atomic E-state index is 5.72. The summed E-state index contributed by atoms with van der Waals surface area (Å²) < 4.78 is 11.2. The smallest absolute Gasteiger partial charge is 0.231 e. The number of halogens is 2. The average molecular weight is 349 g/mol. The minimum Gasteiger partial charge on any atom is -0.454 e. The summed E-state index contributed by atoms with van der Waals surface area (Å²) in [5.41, 5.74) is 1.30. The molecule has 2 aliphatic heterocycles. The summed E-state index contributed by atoms with van der Waals surface area (Å²) in [5, 5.41) is 3.43. The zero-order valence-electron chi connectivity index (χ0n) is 13.0. The van der Waals surface area contributed by atoms with Crippen molar-refractivity contribution in [2.45, 2.75) is 32.2 Å². The highest BCUT2D eigenvalue weighted by Crippen LogP contribution is 2.41. The van der Waals surface area contributed by atoms with E-state index < -0.39 is 0 Å². The number of hydrogen-bond acceptors (Lipinski definition) is 4. The van der Waals surface area contributed by atoms with E-state index in [9.17, 15) is 0 Å². The molecule has 2 aliphatic rings.